The Bertz CT molecular complexity index is 498. The summed E-state index contributed by atoms with van der Waals surface area (Å²) in [5.74, 6) is 2.98. The maximum Gasteiger partial charge on any atom is 0.119 e. The number of benzene rings is 1. The van der Waals surface area contributed by atoms with Crippen LogP contribution in [0.3, 0.4) is 0 Å². The molecule has 1 aromatic rings. The Morgan fingerprint density at radius 2 is 2.10 bits per heavy atom. The highest BCUT2D eigenvalue weighted by Crippen LogP contribution is 2.46. The Balaban J connectivity index is 1.55. The van der Waals surface area contributed by atoms with E-state index in [-0.39, 0.29) is 0 Å². The molecule has 2 heteroatoms. The molecule has 0 saturated heterocycles. The third-order valence-electron chi connectivity index (χ3n) is 5.82. The van der Waals surface area contributed by atoms with Crippen molar-refractivity contribution in [3.63, 3.8) is 0 Å². The summed E-state index contributed by atoms with van der Waals surface area (Å²) < 4.78 is 5.42. The maximum atomic E-state index is 5.42. The first-order valence-corrected chi connectivity index (χ1v) is 8.26. The van der Waals surface area contributed by atoms with Crippen LogP contribution in [0.1, 0.15) is 55.7 Å². The minimum Gasteiger partial charge on any atom is -0.497 e. The summed E-state index contributed by atoms with van der Waals surface area (Å²) in [7, 11) is 1.77. The van der Waals surface area contributed by atoms with E-state index in [2.05, 4.69) is 23.5 Å². The highest BCUT2D eigenvalue weighted by Gasteiger charge is 2.40. The quantitative estimate of drug-likeness (QED) is 0.901. The van der Waals surface area contributed by atoms with Crippen LogP contribution >= 0.6 is 0 Å². The van der Waals surface area contributed by atoms with Gasteiger partial charge in [-0.3, -0.25) is 0 Å². The summed E-state index contributed by atoms with van der Waals surface area (Å²) in [5.41, 5.74) is 3.02. The van der Waals surface area contributed by atoms with Crippen LogP contribution in [0.15, 0.2) is 18.2 Å². The summed E-state index contributed by atoms with van der Waals surface area (Å²) in [4.78, 5) is 0. The third-order valence-corrected chi connectivity index (χ3v) is 5.82. The Kier molecular flexibility index (Phi) is 3.22. The smallest absolute Gasteiger partial charge is 0.119 e. The van der Waals surface area contributed by atoms with Crippen molar-refractivity contribution in [3.05, 3.63) is 29.3 Å². The summed E-state index contributed by atoms with van der Waals surface area (Å²) in [6.07, 6.45) is 9.67. The highest BCUT2D eigenvalue weighted by molar-refractivity contribution is 5.39. The fourth-order valence-corrected chi connectivity index (χ4v) is 4.78. The molecule has 4 atom stereocenters. The molecule has 2 fully saturated rings. The van der Waals surface area contributed by atoms with E-state index < -0.39 is 0 Å². The predicted octanol–water partition coefficient (Wildman–Crippen LogP) is 3.85. The summed E-state index contributed by atoms with van der Waals surface area (Å²) in [5, 5.41) is 4.00. The fraction of sp³-hybridized carbons (Fsp3) is 0.667. The molecule has 3 aliphatic rings. The number of methoxy groups -OCH3 is 1. The molecule has 4 rings (SSSR count). The topological polar surface area (TPSA) is 21.3 Å². The van der Waals surface area contributed by atoms with Gasteiger partial charge in [0.25, 0.3) is 0 Å². The van der Waals surface area contributed by atoms with Crippen molar-refractivity contribution in [1.29, 1.82) is 0 Å². The average Bonchev–Trinajstić information content (AvgIpc) is 3.10. The van der Waals surface area contributed by atoms with Crippen molar-refractivity contribution >= 4 is 0 Å². The van der Waals surface area contributed by atoms with E-state index in [1.165, 1.54) is 56.1 Å². The number of aryl methyl sites for hydroxylation is 1. The van der Waals surface area contributed by atoms with Gasteiger partial charge in [-0.1, -0.05) is 12.5 Å². The second-order valence-electron chi connectivity index (χ2n) is 6.96. The normalized spacial score (nSPS) is 35.0. The van der Waals surface area contributed by atoms with Gasteiger partial charge < -0.3 is 10.1 Å². The lowest BCUT2D eigenvalue weighted by atomic mass is 9.85. The predicted molar refractivity (Wildman–Crippen MR) is 81.0 cm³/mol. The van der Waals surface area contributed by atoms with Crippen molar-refractivity contribution in [1.82, 2.24) is 5.32 Å². The van der Waals surface area contributed by atoms with E-state index in [0.717, 1.165) is 23.6 Å². The Labute approximate surface area is 121 Å². The summed E-state index contributed by atoms with van der Waals surface area (Å²) >= 11 is 0. The van der Waals surface area contributed by atoms with Gasteiger partial charge in [0.05, 0.1) is 7.11 Å². The third kappa shape index (κ3) is 2.14. The zero-order valence-corrected chi connectivity index (χ0v) is 12.4. The zero-order chi connectivity index (χ0) is 13.5. The van der Waals surface area contributed by atoms with Crippen LogP contribution in [0.25, 0.3) is 0 Å². The van der Waals surface area contributed by atoms with Gasteiger partial charge in [0.1, 0.15) is 5.75 Å². The van der Waals surface area contributed by atoms with Gasteiger partial charge in [-0.05, 0) is 73.6 Å². The van der Waals surface area contributed by atoms with E-state index in [9.17, 15) is 0 Å². The monoisotopic (exact) mass is 271 g/mol. The molecule has 3 aliphatic carbocycles. The second kappa shape index (κ2) is 5.07. The molecule has 0 spiro atoms. The first-order valence-electron chi connectivity index (χ1n) is 8.26. The SMILES string of the molecule is COc1ccc2c(c1)C(NC1CC3CCC1C3)CCC2. The molecule has 0 radical (unpaired) electrons. The number of hydrogen-bond donors (Lipinski definition) is 1. The van der Waals surface area contributed by atoms with Crippen LogP contribution in [0.5, 0.6) is 5.75 Å². The Hall–Kier alpha value is -1.02. The Morgan fingerprint density at radius 1 is 1.15 bits per heavy atom. The van der Waals surface area contributed by atoms with Gasteiger partial charge in [-0.2, -0.15) is 0 Å². The number of nitrogens with one attached hydrogen (secondary N) is 1. The minimum absolute atomic E-state index is 0.554. The van der Waals surface area contributed by atoms with Crippen LogP contribution in [0.2, 0.25) is 0 Å². The van der Waals surface area contributed by atoms with Gasteiger partial charge in [0.15, 0.2) is 0 Å². The first kappa shape index (κ1) is 12.7. The van der Waals surface area contributed by atoms with Gasteiger partial charge in [-0.25, -0.2) is 0 Å². The van der Waals surface area contributed by atoms with Crippen LogP contribution in [-0.2, 0) is 6.42 Å². The largest absolute Gasteiger partial charge is 0.497 e. The van der Waals surface area contributed by atoms with Gasteiger partial charge >= 0.3 is 0 Å². The van der Waals surface area contributed by atoms with E-state index in [1.807, 2.05) is 0 Å². The summed E-state index contributed by atoms with van der Waals surface area (Å²) in [6, 6.07) is 7.97. The number of rotatable bonds is 3. The lowest BCUT2D eigenvalue weighted by Crippen LogP contribution is -2.38. The molecule has 0 aromatic heterocycles. The Morgan fingerprint density at radius 3 is 2.85 bits per heavy atom. The number of fused-ring (bicyclic) bond motifs is 3. The summed E-state index contributed by atoms with van der Waals surface area (Å²) in [6.45, 7) is 0. The van der Waals surface area contributed by atoms with Crippen molar-refractivity contribution in [3.8, 4) is 5.75 Å². The van der Waals surface area contributed by atoms with E-state index >= 15 is 0 Å². The van der Waals surface area contributed by atoms with E-state index in [4.69, 9.17) is 4.74 Å². The molecule has 4 unspecified atom stereocenters. The van der Waals surface area contributed by atoms with Crippen molar-refractivity contribution < 1.29 is 4.74 Å². The molecule has 108 valence electrons. The van der Waals surface area contributed by atoms with Crippen molar-refractivity contribution in [2.45, 2.75) is 57.0 Å². The molecule has 20 heavy (non-hydrogen) atoms. The minimum atomic E-state index is 0.554. The number of ether oxygens (including phenoxy) is 1. The van der Waals surface area contributed by atoms with Gasteiger partial charge in [0.2, 0.25) is 0 Å². The molecule has 0 aliphatic heterocycles. The van der Waals surface area contributed by atoms with Gasteiger partial charge in [0, 0.05) is 12.1 Å². The van der Waals surface area contributed by atoms with Crippen molar-refractivity contribution in [2.24, 2.45) is 11.8 Å². The standard InChI is InChI=1S/C18H25NO/c1-20-15-8-7-13-3-2-4-17(16(13)11-15)19-18-10-12-5-6-14(18)9-12/h7-8,11-12,14,17-19H,2-6,9-10H2,1H3. The lowest BCUT2D eigenvalue weighted by Gasteiger charge is -2.32. The highest BCUT2D eigenvalue weighted by atomic mass is 16.5. The van der Waals surface area contributed by atoms with Crippen LogP contribution < -0.4 is 10.1 Å². The molecule has 2 bridgehead atoms. The molecule has 2 nitrogen and oxygen atoms in total. The molecule has 2 saturated carbocycles. The van der Waals surface area contributed by atoms with Crippen LogP contribution in [-0.4, -0.2) is 13.2 Å². The fourth-order valence-electron chi connectivity index (χ4n) is 4.78. The molecular formula is C18H25NO. The lowest BCUT2D eigenvalue weighted by molar-refractivity contribution is 0.303. The van der Waals surface area contributed by atoms with Crippen molar-refractivity contribution in [2.75, 3.05) is 7.11 Å². The second-order valence-corrected chi connectivity index (χ2v) is 6.96. The van der Waals surface area contributed by atoms with E-state index in [0.29, 0.717) is 6.04 Å². The number of hydrogen-bond acceptors (Lipinski definition) is 2. The van der Waals surface area contributed by atoms with Crippen LogP contribution in [0.4, 0.5) is 0 Å². The molecule has 1 aromatic carbocycles. The first-order chi connectivity index (χ1) is 9.83. The molecule has 1 N–H and O–H groups in total. The maximum absolute atomic E-state index is 5.42. The average molecular weight is 271 g/mol. The van der Waals surface area contributed by atoms with Crippen LogP contribution in [0, 0.1) is 11.8 Å². The molecule has 0 heterocycles. The van der Waals surface area contributed by atoms with Gasteiger partial charge in [-0.15, -0.1) is 0 Å². The molecular weight excluding hydrogens is 246 g/mol. The molecule has 0 amide bonds. The van der Waals surface area contributed by atoms with E-state index in [1.54, 1.807) is 7.11 Å². The zero-order valence-electron chi connectivity index (χ0n) is 12.4.